The second-order valence-electron chi connectivity index (χ2n) is 8.50. The molecule has 3 atom stereocenters. The standard InChI is InChI=1S/C15H28N4O.C4H10.C2H6/c1-17-5-7-18(8-6-17)3-2-4-19-11-13-9-14(19)10-15(13)16-12-20;1-4(2)3;1-2/h12-15H,2-11H2,1H3,(H,16,20);4H,1-3H3;1-2H3. The van der Waals surface area contributed by atoms with Gasteiger partial charge >= 0.3 is 0 Å². The lowest BCUT2D eigenvalue weighted by atomic mass is 10.0. The van der Waals surface area contributed by atoms with Crippen LogP contribution in [0.2, 0.25) is 0 Å². The van der Waals surface area contributed by atoms with E-state index in [2.05, 4.69) is 47.8 Å². The lowest BCUT2D eigenvalue weighted by Gasteiger charge is -2.34. The van der Waals surface area contributed by atoms with E-state index in [4.69, 9.17) is 0 Å². The van der Waals surface area contributed by atoms with Crippen LogP contribution in [0.15, 0.2) is 0 Å². The molecule has 0 aromatic carbocycles. The highest BCUT2D eigenvalue weighted by molar-refractivity contribution is 5.47. The van der Waals surface area contributed by atoms with E-state index in [-0.39, 0.29) is 0 Å². The van der Waals surface area contributed by atoms with Crippen LogP contribution < -0.4 is 5.32 Å². The van der Waals surface area contributed by atoms with Crippen LogP contribution in [0.4, 0.5) is 0 Å². The molecule has 5 nitrogen and oxygen atoms in total. The Bertz CT molecular complexity index is 366. The second-order valence-corrected chi connectivity index (χ2v) is 8.50. The molecule has 0 spiro atoms. The molecule has 2 saturated heterocycles. The normalized spacial score (nSPS) is 29.0. The number of rotatable bonds is 6. The van der Waals surface area contributed by atoms with Gasteiger partial charge in [0, 0.05) is 44.8 Å². The summed E-state index contributed by atoms with van der Waals surface area (Å²) in [7, 11) is 2.21. The van der Waals surface area contributed by atoms with Crippen LogP contribution in [-0.2, 0) is 4.79 Å². The predicted molar refractivity (Wildman–Crippen MR) is 111 cm³/mol. The van der Waals surface area contributed by atoms with Gasteiger partial charge in [-0.1, -0.05) is 34.6 Å². The number of piperazine rings is 1. The zero-order valence-corrected chi connectivity index (χ0v) is 18.2. The van der Waals surface area contributed by atoms with Crippen molar-refractivity contribution in [3.8, 4) is 0 Å². The highest BCUT2D eigenvalue weighted by atomic mass is 16.1. The maximum Gasteiger partial charge on any atom is 0.207 e. The number of nitrogens with zero attached hydrogens (tertiary/aromatic N) is 3. The minimum absolute atomic E-state index is 0.450. The summed E-state index contributed by atoms with van der Waals surface area (Å²) in [4.78, 5) is 18.2. The zero-order chi connectivity index (χ0) is 19.5. The van der Waals surface area contributed by atoms with Crippen molar-refractivity contribution < 1.29 is 4.79 Å². The van der Waals surface area contributed by atoms with Crippen LogP contribution in [0.1, 0.15) is 53.9 Å². The van der Waals surface area contributed by atoms with Crippen molar-refractivity contribution in [2.75, 3.05) is 52.9 Å². The van der Waals surface area contributed by atoms with Gasteiger partial charge in [-0.2, -0.15) is 0 Å². The quantitative estimate of drug-likeness (QED) is 0.731. The van der Waals surface area contributed by atoms with Crippen molar-refractivity contribution in [2.24, 2.45) is 11.8 Å². The lowest BCUT2D eigenvalue weighted by Crippen LogP contribution is -2.46. The summed E-state index contributed by atoms with van der Waals surface area (Å²) in [6.45, 7) is 19.1. The SMILES string of the molecule is CC.CC(C)C.CN1CCN(CCCN2CC3CC2CC3NC=O)CC1. The molecule has 3 aliphatic rings. The summed E-state index contributed by atoms with van der Waals surface area (Å²) in [5.41, 5.74) is 0. The Labute approximate surface area is 162 Å². The van der Waals surface area contributed by atoms with Gasteiger partial charge in [0.05, 0.1) is 0 Å². The molecule has 0 aromatic rings. The molecule has 1 saturated carbocycles. The number of nitrogens with one attached hydrogen (secondary N) is 1. The van der Waals surface area contributed by atoms with E-state index >= 15 is 0 Å². The van der Waals surface area contributed by atoms with Crippen LogP contribution in [0.25, 0.3) is 0 Å². The van der Waals surface area contributed by atoms with Gasteiger partial charge < -0.3 is 15.1 Å². The zero-order valence-electron chi connectivity index (χ0n) is 18.2. The molecule has 3 rings (SSSR count). The molecule has 1 aliphatic carbocycles. The second kappa shape index (κ2) is 12.7. The Morgan fingerprint density at radius 3 is 2.15 bits per heavy atom. The molecule has 0 radical (unpaired) electrons. The summed E-state index contributed by atoms with van der Waals surface area (Å²) in [5.74, 6) is 1.54. The van der Waals surface area contributed by atoms with Gasteiger partial charge in [-0.15, -0.1) is 0 Å². The highest BCUT2D eigenvalue weighted by Gasteiger charge is 2.43. The smallest absolute Gasteiger partial charge is 0.207 e. The summed E-state index contributed by atoms with van der Waals surface area (Å²) >= 11 is 0. The minimum atomic E-state index is 0.450. The molecule has 154 valence electrons. The molecule has 0 aromatic heterocycles. The van der Waals surface area contributed by atoms with Gasteiger partial charge in [-0.05, 0) is 51.2 Å². The van der Waals surface area contributed by atoms with Crippen molar-refractivity contribution in [2.45, 2.75) is 66.0 Å². The molecule has 2 heterocycles. The number of fused-ring (bicyclic) bond motifs is 2. The molecule has 2 aliphatic heterocycles. The van der Waals surface area contributed by atoms with E-state index in [1.165, 1.54) is 58.7 Å². The number of piperidine rings is 1. The summed E-state index contributed by atoms with van der Waals surface area (Å²) < 4.78 is 0. The number of carbonyl (C=O) groups excluding carboxylic acids is 1. The lowest BCUT2D eigenvalue weighted by molar-refractivity contribution is -0.110. The van der Waals surface area contributed by atoms with Crippen molar-refractivity contribution in [1.29, 1.82) is 0 Å². The molecule has 1 N–H and O–H groups in total. The van der Waals surface area contributed by atoms with E-state index in [0.29, 0.717) is 12.0 Å². The van der Waals surface area contributed by atoms with E-state index in [0.717, 1.165) is 24.8 Å². The number of hydrogen-bond acceptors (Lipinski definition) is 4. The first kappa shape index (κ1) is 23.4. The fraction of sp³-hybridized carbons (Fsp3) is 0.952. The van der Waals surface area contributed by atoms with Gasteiger partial charge in [0.2, 0.25) is 6.41 Å². The van der Waals surface area contributed by atoms with Gasteiger partial charge in [-0.25, -0.2) is 0 Å². The molecule has 3 fully saturated rings. The monoisotopic (exact) mass is 368 g/mol. The number of carbonyl (C=O) groups is 1. The number of amides is 1. The third-order valence-electron chi connectivity index (χ3n) is 5.45. The molecular weight excluding hydrogens is 324 g/mol. The van der Waals surface area contributed by atoms with E-state index < -0.39 is 0 Å². The van der Waals surface area contributed by atoms with Crippen LogP contribution in [0.5, 0.6) is 0 Å². The molecule has 5 heteroatoms. The van der Waals surface area contributed by atoms with Crippen molar-refractivity contribution in [1.82, 2.24) is 20.0 Å². The summed E-state index contributed by atoms with van der Waals surface area (Å²) in [6, 6.07) is 1.18. The molecular formula is C21H44N4O. The molecule has 2 bridgehead atoms. The predicted octanol–water partition coefficient (Wildman–Crippen LogP) is 2.52. The fourth-order valence-electron chi connectivity index (χ4n) is 4.18. The van der Waals surface area contributed by atoms with Crippen LogP contribution >= 0.6 is 0 Å². The van der Waals surface area contributed by atoms with Gasteiger partial charge in [0.25, 0.3) is 0 Å². The third kappa shape index (κ3) is 7.93. The maximum atomic E-state index is 10.6. The van der Waals surface area contributed by atoms with E-state index in [1.54, 1.807) is 0 Å². The highest BCUT2D eigenvalue weighted by Crippen LogP contribution is 2.37. The van der Waals surface area contributed by atoms with Crippen molar-refractivity contribution >= 4 is 6.41 Å². The Morgan fingerprint density at radius 2 is 1.65 bits per heavy atom. The average Bonchev–Trinajstić information content (AvgIpc) is 3.18. The Hall–Kier alpha value is -0.650. The van der Waals surface area contributed by atoms with E-state index in [1.807, 2.05) is 13.8 Å². The maximum absolute atomic E-state index is 10.6. The van der Waals surface area contributed by atoms with Crippen LogP contribution in [0.3, 0.4) is 0 Å². The summed E-state index contributed by atoms with van der Waals surface area (Å²) in [6.07, 6.45) is 4.62. The van der Waals surface area contributed by atoms with E-state index in [9.17, 15) is 4.79 Å². The summed E-state index contributed by atoms with van der Waals surface area (Å²) in [5, 5.41) is 2.99. The van der Waals surface area contributed by atoms with Crippen LogP contribution in [-0.4, -0.2) is 86.1 Å². The molecule has 1 amide bonds. The average molecular weight is 369 g/mol. The van der Waals surface area contributed by atoms with Crippen LogP contribution in [0, 0.1) is 11.8 Å². The number of likely N-dealkylation sites (tertiary alicyclic amines) is 1. The van der Waals surface area contributed by atoms with Gasteiger partial charge in [0.15, 0.2) is 0 Å². The Morgan fingerprint density at radius 1 is 1.04 bits per heavy atom. The van der Waals surface area contributed by atoms with Gasteiger partial charge in [0.1, 0.15) is 0 Å². The largest absolute Gasteiger partial charge is 0.356 e. The first-order valence-electron chi connectivity index (χ1n) is 10.8. The first-order valence-corrected chi connectivity index (χ1v) is 10.8. The fourth-order valence-corrected chi connectivity index (χ4v) is 4.18. The molecule has 3 unspecified atom stereocenters. The molecule has 26 heavy (non-hydrogen) atoms. The Kier molecular flexibility index (Phi) is 11.4. The Balaban J connectivity index is 0.000000500. The number of likely N-dealkylation sites (N-methyl/N-ethyl adjacent to an activating group) is 1. The third-order valence-corrected chi connectivity index (χ3v) is 5.45. The topological polar surface area (TPSA) is 38.8 Å². The minimum Gasteiger partial charge on any atom is -0.356 e. The van der Waals surface area contributed by atoms with Crippen molar-refractivity contribution in [3.63, 3.8) is 0 Å². The first-order chi connectivity index (χ1) is 12.5. The number of hydrogen-bond donors (Lipinski definition) is 1. The van der Waals surface area contributed by atoms with Crippen molar-refractivity contribution in [3.05, 3.63) is 0 Å². The van der Waals surface area contributed by atoms with Gasteiger partial charge in [-0.3, -0.25) is 9.69 Å².